The molecule has 1 saturated heterocycles. The van der Waals surface area contributed by atoms with Gasteiger partial charge in [-0.1, -0.05) is 0 Å². The van der Waals surface area contributed by atoms with Gasteiger partial charge in [-0.15, -0.1) is 0 Å². The number of carboxylic acid groups (broad SMARTS) is 2. The number of nitrogens with two attached hydrogens (primary N) is 1. The third-order valence-corrected chi connectivity index (χ3v) is 3.39. The van der Waals surface area contributed by atoms with Gasteiger partial charge in [0.05, 0.1) is 0 Å². The minimum absolute atomic E-state index is 0.0987. The van der Waals surface area contributed by atoms with Crippen molar-refractivity contribution in [3.63, 3.8) is 0 Å². The molecule has 0 spiro atoms. The molecule has 0 bridgehead atoms. The third kappa shape index (κ3) is 5.04. The predicted molar refractivity (Wildman–Crippen MR) is 70.2 cm³/mol. The Labute approximate surface area is 116 Å². The van der Waals surface area contributed by atoms with Gasteiger partial charge in [0.1, 0.15) is 6.04 Å². The number of likely N-dealkylation sites (tertiary alicyclic amines) is 1. The molecule has 1 rings (SSSR count). The first kappa shape index (κ1) is 16.2. The zero-order valence-electron chi connectivity index (χ0n) is 11.2. The van der Waals surface area contributed by atoms with E-state index < -0.39 is 24.0 Å². The molecule has 0 aromatic heterocycles. The number of carbonyl (C=O) groups is 3. The van der Waals surface area contributed by atoms with Crippen LogP contribution in [-0.4, -0.2) is 58.8 Å². The lowest BCUT2D eigenvalue weighted by atomic mass is 10.1. The van der Waals surface area contributed by atoms with E-state index in [1.54, 1.807) is 4.90 Å². The van der Waals surface area contributed by atoms with Gasteiger partial charge in [-0.3, -0.25) is 4.79 Å². The predicted octanol–water partition coefficient (Wildman–Crippen LogP) is -0.315. The van der Waals surface area contributed by atoms with Crippen molar-refractivity contribution in [3.8, 4) is 0 Å². The maximum absolute atomic E-state index is 11.9. The van der Waals surface area contributed by atoms with Crippen LogP contribution in [0.15, 0.2) is 0 Å². The van der Waals surface area contributed by atoms with E-state index in [2.05, 4.69) is 5.32 Å². The molecule has 0 aliphatic carbocycles. The van der Waals surface area contributed by atoms with Gasteiger partial charge in [0.15, 0.2) is 0 Å². The van der Waals surface area contributed by atoms with Crippen LogP contribution >= 0.6 is 0 Å². The molecule has 1 aliphatic rings. The summed E-state index contributed by atoms with van der Waals surface area (Å²) in [5.74, 6) is -1.87. The normalized spacial score (nSPS) is 19.6. The van der Waals surface area contributed by atoms with E-state index >= 15 is 0 Å². The van der Waals surface area contributed by atoms with Crippen molar-refractivity contribution >= 4 is 18.0 Å². The summed E-state index contributed by atoms with van der Waals surface area (Å²) in [6, 6.07) is -1.48. The summed E-state index contributed by atoms with van der Waals surface area (Å²) < 4.78 is 0. The van der Waals surface area contributed by atoms with Gasteiger partial charge in [-0.05, 0) is 31.7 Å². The molecule has 5 N–H and O–H groups in total. The summed E-state index contributed by atoms with van der Waals surface area (Å²) in [5.41, 5.74) is 5.53. The van der Waals surface area contributed by atoms with E-state index in [0.717, 1.165) is 6.42 Å². The van der Waals surface area contributed by atoms with E-state index in [4.69, 9.17) is 15.9 Å². The van der Waals surface area contributed by atoms with Crippen LogP contribution in [0.1, 0.15) is 25.7 Å². The van der Waals surface area contributed by atoms with E-state index in [9.17, 15) is 14.4 Å². The Morgan fingerprint density at radius 1 is 1.35 bits per heavy atom. The average molecular weight is 287 g/mol. The van der Waals surface area contributed by atoms with E-state index in [0.29, 0.717) is 19.6 Å². The lowest BCUT2D eigenvalue weighted by molar-refractivity contribution is -0.140. The second kappa shape index (κ2) is 7.68. The lowest BCUT2D eigenvalue weighted by Gasteiger charge is -2.21. The Kier molecular flexibility index (Phi) is 6.23. The molecule has 8 heteroatoms. The number of amides is 2. The Balaban J connectivity index is 2.43. The zero-order valence-corrected chi connectivity index (χ0v) is 11.2. The van der Waals surface area contributed by atoms with Crippen molar-refractivity contribution in [2.45, 2.75) is 31.7 Å². The Hall–Kier alpha value is -1.83. The minimum atomic E-state index is -1.15. The number of rotatable bonds is 7. The molecule has 0 aromatic rings. The van der Waals surface area contributed by atoms with Crippen LogP contribution in [0.25, 0.3) is 0 Å². The summed E-state index contributed by atoms with van der Waals surface area (Å²) in [6.07, 6.45) is 1.01. The van der Waals surface area contributed by atoms with Crippen LogP contribution < -0.4 is 11.1 Å². The molecule has 20 heavy (non-hydrogen) atoms. The standard InChI is InChI=1S/C12H21N3O5/c13-6-8-4-5-15(7-8)12(20)14-9(11(18)19)2-1-3-10(16)17/h8-9H,1-7,13H2,(H,14,20)(H,16,17)(H,18,19)/t8?,9-/m1/s1. The number of carboxylic acids is 2. The summed E-state index contributed by atoms with van der Waals surface area (Å²) in [6.45, 7) is 1.60. The van der Waals surface area contributed by atoms with Crippen molar-refractivity contribution in [3.05, 3.63) is 0 Å². The lowest BCUT2D eigenvalue weighted by Crippen LogP contribution is -2.47. The minimum Gasteiger partial charge on any atom is -0.481 e. The summed E-state index contributed by atoms with van der Waals surface area (Å²) >= 11 is 0. The highest BCUT2D eigenvalue weighted by Crippen LogP contribution is 2.15. The molecule has 1 unspecified atom stereocenters. The monoisotopic (exact) mass is 287 g/mol. The second-order valence-electron chi connectivity index (χ2n) is 4.96. The Morgan fingerprint density at radius 3 is 2.55 bits per heavy atom. The first-order valence-electron chi connectivity index (χ1n) is 6.64. The topological polar surface area (TPSA) is 133 Å². The molecule has 1 aliphatic heterocycles. The van der Waals surface area contributed by atoms with Crippen LogP contribution in [0.4, 0.5) is 4.79 Å². The molecule has 0 aromatic carbocycles. The Bertz CT molecular complexity index is 374. The van der Waals surface area contributed by atoms with E-state index in [1.165, 1.54) is 0 Å². The highest BCUT2D eigenvalue weighted by atomic mass is 16.4. The molecule has 8 nitrogen and oxygen atoms in total. The number of hydrogen-bond acceptors (Lipinski definition) is 4. The van der Waals surface area contributed by atoms with Gasteiger partial charge in [0.2, 0.25) is 0 Å². The second-order valence-corrected chi connectivity index (χ2v) is 4.96. The molecule has 0 radical (unpaired) electrons. The van der Waals surface area contributed by atoms with Crippen molar-refractivity contribution in [1.29, 1.82) is 0 Å². The fourth-order valence-corrected chi connectivity index (χ4v) is 2.16. The number of urea groups is 1. The molecular weight excluding hydrogens is 266 g/mol. The number of carbonyl (C=O) groups excluding carboxylic acids is 1. The summed E-state index contributed by atoms with van der Waals surface area (Å²) in [7, 11) is 0. The largest absolute Gasteiger partial charge is 0.481 e. The van der Waals surface area contributed by atoms with Gasteiger partial charge in [0.25, 0.3) is 0 Å². The van der Waals surface area contributed by atoms with Crippen molar-refractivity contribution in [2.24, 2.45) is 11.7 Å². The third-order valence-electron chi connectivity index (χ3n) is 3.39. The van der Waals surface area contributed by atoms with Crippen LogP contribution in [0, 0.1) is 5.92 Å². The number of aliphatic carboxylic acids is 2. The smallest absolute Gasteiger partial charge is 0.326 e. The Morgan fingerprint density at radius 2 is 2.05 bits per heavy atom. The first-order valence-corrected chi connectivity index (χ1v) is 6.64. The van der Waals surface area contributed by atoms with Crippen molar-refractivity contribution in [1.82, 2.24) is 10.2 Å². The number of hydrogen-bond donors (Lipinski definition) is 4. The molecule has 2 atom stereocenters. The van der Waals surface area contributed by atoms with Crippen molar-refractivity contribution < 1.29 is 24.6 Å². The zero-order chi connectivity index (χ0) is 15.1. The summed E-state index contributed by atoms with van der Waals surface area (Å²) in [5, 5.41) is 20.0. The molecular formula is C12H21N3O5. The molecule has 2 amide bonds. The van der Waals surface area contributed by atoms with Crippen LogP contribution in [0.2, 0.25) is 0 Å². The summed E-state index contributed by atoms with van der Waals surface area (Å²) in [4.78, 5) is 34.9. The van der Waals surface area contributed by atoms with Crippen LogP contribution in [-0.2, 0) is 9.59 Å². The fraction of sp³-hybridized carbons (Fsp3) is 0.750. The van der Waals surface area contributed by atoms with Gasteiger partial charge >= 0.3 is 18.0 Å². The van der Waals surface area contributed by atoms with Crippen molar-refractivity contribution in [2.75, 3.05) is 19.6 Å². The highest BCUT2D eigenvalue weighted by Gasteiger charge is 2.28. The van der Waals surface area contributed by atoms with E-state index in [-0.39, 0.29) is 25.2 Å². The SMILES string of the molecule is NCC1CCN(C(=O)N[C@H](CCCC(=O)O)C(=O)O)C1. The van der Waals surface area contributed by atoms with Gasteiger partial charge in [-0.25, -0.2) is 9.59 Å². The average Bonchev–Trinajstić information content (AvgIpc) is 2.85. The number of nitrogens with one attached hydrogen (secondary N) is 1. The molecule has 0 saturated carbocycles. The fourth-order valence-electron chi connectivity index (χ4n) is 2.16. The first-order chi connectivity index (χ1) is 9.43. The maximum atomic E-state index is 11.9. The maximum Gasteiger partial charge on any atom is 0.326 e. The van der Waals surface area contributed by atoms with Gasteiger partial charge in [-0.2, -0.15) is 0 Å². The number of nitrogens with zero attached hydrogens (tertiary/aromatic N) is 1. The molecule has 1 fully saturated rings. The van der Waals surface area contributed by atoms with Crippen LogP contribution in [0.3, 0.4) is 0 Å². The van der Waals surface area contributed by atoms with E-state index in [1.807, 2.05) is 0 Å². The molecule has 1 heterocycles. The van der Waals surface area contributed by atoms with Gasteiger partial charge < -0.3 is 26.2 Å². The van der Waals surface area contributed by atoms with Gasteiger partial charge in [0, 0.05) is 19.5 Å². The molecule has 114 valence electrons. The van der Waals surface area contributed by atoms with Crippen LogP contribution in [0.5, 0.6) is 0 Å². The highest BCUT2D eigenvalue weighted by molar-refractivity contribution is 5.82. The quantitative estimate of drug-likeness (QED) is 0.507.